The van der Waals surface area contributed by atoms with Crippen LogP contribution < -0.4 is 16.4 Å². The monoisotopic (exact) mass is 408 g/mol. The van der Waals surface area contributed by atoms with Crippen molar-refractivity contribution < 1.29 is 13.6 Å². The minimum absolute atomic E-state index is 0.0924. The molecule has 2 aromatic heterocycles. The number of carbonyl (C=O) groups excluding carboxylic acids is 1. The number of halogens is 1. The fourth-order valence-corrected chi connectivity index (χ4v) is 3.06. The van der Waals surface area contributed by atoms with Gasteiger partial charge < -0.3 is 9.73 Å². The van der Waals surface area contributed by atoms with E-state index in [-0.39, 0.29) is 35.8 Å². The van der Waals surface area contributed by atoms with Crippen molar-refractivity contribution in [3.8, 4) is 11.4 Å². The SMILES string of the molecule is Cn1c(-c2ccc(F)cc2)nn(CCNC(=O)c2cc(=O)c3ccccc3o2)c1=O. The van der Waals surface area contributed by atoms with Crippen LogP contribution in [0.4, 0.5) is 4.39 Å². The summed E-state index contributed by atoms with van der Waals surface area (Å²) in [5.41, 5.74) is 0.226. The zero-order chi connectivity index (χ0) is 21.3. The summed E-state index contributed by atoms with van der Waals surface area (Å²) in [7, 11) is 1.56. The lowest BCUT2D eigenvalue weighted by atomic mass is 10.2. The van der Waals surface area contributed by atoms with Crippen LogP contribution in [0.25, 0.3) is 22.4 Å². The van der Waals surface area contributed by atoms with Gasteiger partial charge in [0.1, 0.15) is 11.4 Å². The van der Waals surface area contributed by atoms with E-state index >= 15 is 0 Å². The van der Waals surface area contributed by atoms with Crippen molar-refractivity contribution in [2.75, 3.05) is 6.54 Å². The Bertz CT molecular complexity index is 1350. The van der Waals surface area contributed by atoms with Crippen LogP contribution in [0.15, 0.2) is 68.6 Å². The normalized spacial score (nSPS) is 11.0. The third-order valence-electron chi connectivity index (χ3n) is 4.61. The molecule has 1 amide bonds. The first-order chi connectivity index (χ1) is 14.4. The predicted molar refractivity (Wildman–Crippen MR) is 108 cm³/mol. The molecule has 0 aliphatic carbocycles. The summed E-state index contributed by atoms with van der Waals surface area (Å²) >= 11 is 0. The van der Waals surface area contributed by atoms with Crippen LogP contribution in [-0.4, -0.2) is 26.8 Å². The lowest BCUT2D eigenvalue weighted by Crippen LogP contribution is -2.32. The van der Waals surface area contributed by atoms with E-state index in [1.165, 1.54) is 33.5 Å². The molecule has 4 aromatic rings. The van der Waals surface area contributed by atoms with Crippen LogP contribution in [0.1, 0.15) is 10.6 Å². The lowest BCUT2D eigenvalue weighted by molar-refractivity contribution is 0.0924. The summed E-state index contributed by atoms with van der Waals surface area (Å²) in [4.78, 5) is 36.9. The molecular weight excluding hydrogens is 391 g/mol. The molecule has 0 saturated heterocycles. The molecule has 9 heteroatoms. The van der Waals surface area contributed by atoms with Crippen molar-refractivity contribution in [3.63, 3.8) is 0 Å². The van der Waals surface area contributed by atoms with E-state index < -0.39 is 5.91 Å². The van der Waals surface area contributed by atoms with Gasteiger partial charge in [-0.3, -0.25) is 14.2 Å². The summed E-state index contributed by atoms with van der Waals surface area (Å²) in [5.74, 6) is -0.683. The fourth-order valence-electron chi connectivity index (χ4n) is 3.06. The Morgan fingerprint density at radius 3 is 2.63 bits per heavy atom. The summed E-state index contributed by atoms with van der Waals surface area (Å²) in [5, 5.41) is 7.26. The van der Waals surface area contributed by atoms with Crippen molar-refractivity contribution in [2.45, 2.75) is 6.54 Å². The maximum Gasteiger partial charge on any atom is 0.345 e. The average molecular weight is 408 g/mol. The number of carbonyl (C=O) groups is 1. The summed E-state index contributed by atoms with van der Waals surface area (Å²) in [6.07, 6.45) is 0. The number of hydrogen-bond acceptors (Lipinski definition) is 5. The number of benzene rings is 2. The lowest BCUT2D eigenvalue weighted by Gasteiger charge is -2.05. The number of amides is 1. The molecule has 2 aromatic carbocycles. The average Bonchev–Trinajstić information content (AvgIpc) is 3.03. The molecule has 0 saturated carbocycles. The van der Waals surface area contributed by atoms with E-state index in [9.17, 15) is 18.8 Å². The van der Waals surface area contributed by atoms with Crippen molar-refractivity contribution >= 4 is 16.9 Å². The van der Waals surface area contributed by atoms with E-state index in [4.69, 9.17) is 4.42 Å². The minimum atomic E-state index is -0.569. The highest BCUT2D eigenvalue weighted by Crippen LogP contribution is 2.15. The highest BCUT2D eigenvalue weighted by atomic mass is 19.1. The van der Waals surface area contributed by atoms with Gasteiger partial charge in [0.05, 0.1) is 11.9 Å². The highest BCUT2D eigenvalue weighted by molar-refractivity contribution is 5.93. The molecule has 0 unspecified atom stereocenters. The van der Waals surface area contributed by atoms with Gasteiger partial charge in [-0.15, -0.1) is 5.10 Å². The molecule has 0 spiro atoms. The first kappa shape index (κ1) is 19.3. The van der Waals surface area contributed by atoms with Gasteiger partial charge >= 0.3 is 5.69 Å². The first-order valence-electron chi connectivity index (χ1n) is 9.15. The molecule has 0 bridgehead atoms. The van der Waals surface area contributed by atoms with Crippen LogP contribution >= 0.6 is 0 Å². The van der Waals surface area contributed by atoms with Gasteiger partial charge in [0, 0.05) is 25.2 Å². The molecule has 0 aliphatic heterocycles. The number of nitrogens with one attached hydrogen (secondary N) is 1. The molecule has 30 heavy (non-hydrogen) atoms. The predicted octanol–water partition coefficient (Wildman–Crippen LogP) is 1.92. The van der Waals surface area contributed by atoms with Crippen molar-refractivity contribution in [2.24, 2.45) is 7.05 Å². The number of para-hydroxylation sites is 1. The molecule has 0 radical (unpaired) electrons. The summed E-state index contributed by atoms with van der Waals surface area (Å²) in [6, 6.07) is 13.4. The van der Waals surface area contributed by atoms with Gasteiger partial charge in [0.25, 0.3) is 5.91 Å². The smallest absolute Gasteiger partial charge is 0.345 e. The number of rotatable bonds is 5. The zero-order valence-electron chi connectivity index (χ0n) is 16.0. The van der Waals surface area contributed by atoms with Crippen LogP contribution in [-0.2, 0) is 13.6 Å². The molecular formula is C21H17FN4O4. The van der Waals surface area contributed by atoms with E-state index in [0.717, 1.165) is 6.07 Å². The number of nitrogens with zero attached hydrogens (tertiary/aromatic N) is 3. The standard InChI is InChI=1S/C21H17FN4O4/c1-25-19(13-6-8-14(22)9-7-13)24-26(21(25)29)11-10-23-20(28)18-12-16(27)15-4-2-3-5-17(15)30-18/h2-9,12H,10-11H2,1H3,(H,23,28). The van der Waals surface area contributed by atoms with E-state index in [2.05, 4.69) is 10.4 Å². The third-order valence-corrected chi connectivity index (χ3v) is 4.61. The quantitative estimate of drug-likeness (QED) is 0.544. The molecule has 0 fully saturated rings. The van der Waals surface area contributed by atoms with Crippen LogP contribution in [0, 0.1) is 5.82 Å². The van der Waals surface area contributed by atoms with Gasteiger partial charge in [0.15, 0.2) is 17.0 Å². The Labute approximate surface area is 169 Å². The molecule has 0 atom stereocenters. The molecule has 2 heterocycles. The maximum atomic E-state index is 13.1. The fraction of sp³-hybridized carbons (Fsp3) is 0.143. The Kier molecular flexibility index (Phi) is 5.01. The maximum absolute atomic E-state index is 13.1. The molecule has 8 nitrogen and oxygen atoms in total. The summed E-state index contributed by atoms with van der Waals surface area (Å²) in [6.45, 7) is 0.201. The molecule has 152 valence electrons. The van der Waals surface area contributed by atoms with Crippen molar-refractivity contribution in [1.29, 1.82) is 0 Å². The first-order valence-corrected chi connectivity index (χ1v) is 9.15. The minimum Gasteiger partial charge on any atom is -0.451 e. The van der Waals surface area contributed by atoms with Gasteiger partial charge in [-0.25, -0.2) is 13.9 Å². The van der Waals surface area contributed by atoms with Crippen molar-refractivity contribution in [1.82, 2.24) is 19.7 Å². The Hall–Kier alpha value is -4.01. The van der Waals surface area contributed by atoms with E-state index in [0.29, 0.717) is 22.4 Å². The van der Waals surface area contributed by atoms with Crippen LogP contribution in [0.2, 0.25) is 0 Å². The molecule has 1 N–H and O–H groups in total. The number of hydrogen-bond donors (Lipinski definition) is 1. The second kappa shape index (κ2) is 7.78. The Balaban J connectivity index is 1.47. The number of fused-ring (bicyclic) bond motifs is 1. The summed E-state index contributed by atoms with van der Waals surface area (Å²) < 4.78 is 21.2. The largest absolute Gasteiger partial charge is 0.451 e. The highest BCUT2D eigenvalue weighted by Gasteiger charge is 2.14. The number of aromatic nitrogens is 3. The second-order valence-corrected chi connectivity index (χ2v) is 6.62. The van der Waals surface area contributed by atoms with Gasteiger partial charge in [0.2, 0.25) is 0 Å². The van der Waals surface area contributed by atoms with Crippen molar-refractivity contribution in [3.05, 3.63) is 86.9 Å². The zero-order valence-corrected chi connectivity index (χ0v) is 16.0. The molecule has 4 rings (SSSR count). The van der Waals surface area contributed by atoms with Gasteiger partial charge in [-0.05, 0) is 36.4 Å². The van der Waals surface area contributed by atoms with E-state index in [1.807, 2.05) is 0 Å². The van der Waals surface area contributed by atoms with E-state index in [1.54, 1.807) is 31.3 Å². The Morgan fingerprint density at radius 2 is 1.87 bits per heavy atom. The van der Waals surface area contributed by atoms with Crippen LogP contribution in [0.5, 0.6) is 0 Å². The van der Waals surface area contributed by atoms with Gasteiger partial charge in [-0.2, -0.15) is 0 Å². The Morgan fingerprint density at radius 1 is 1.13 bits per heavy atom. The third kappa shape index (κ3) is 3.64. The van der Waals surface area contributed by atoms with Crippen LogP contribution in [0.3, 0.4) is 0 Å². The second-order valence-electron chi connectivity index (χ2n) is 6.62. The molecule has 0 aliphatic rings. The van der Waals surface area contributed by atoms with Gasteiger partial charge in [-0.1, -0.05) is 12.1 Å². The topological polar surface area (TPSA) is 99.1 Å².